The van der Waals surface area contributed by atoms with Gasteiger partial charge in [-0.2, -0.15) is 0 Å². The third-order valence-electron chi connectivity index (χ3n) is 3.15. The Morgan fingerprint density at radius 1 is 1.14 bits per heavy atom. The maximum absolute atomic E-state index is 5.86. The first kappa shape index (κ1) is 15.3. The van der Waals surface area contributed by atoms with E-state index in [0.717, 1.165) is 30.2 Å². The van der Waals surface area contributed by atoms with Crippen LogP contribution in [0.2, 0.25) is 0 Å². The molecular formula is C17H22N2O2. The lowest BCUT2D eigenvalue weighted by Crippen LogP contribution is -2.28. The maximum atomic E-state index is 5.86. The highest BCUT2D eigenvalue weighted by Crippen LogP contribution is 2.23. The second-order valence-corrected chi connectivity index (χ2v) is 4.72. The Kier molecular flexibility index (Phi) is 6.03. The lowest BCUT2D eigenvalue weighted by atomic mass is 10.1. The first-order valence-electron chi connectivity index (χ1n) is 7.25. The van der Waals surface area contributed by atoms with Crippen LogP contribution >= 0.6 is 0 Å². The number of nitrogens with zero attached hydrogens (tertiary/aromatic N) is 1. The number of rotatable bonds is 8. The monoisotopic (exact) mass is 286 g/mol. The van der Waals surface area contributed by atoms with E-state index < -0.39 is 0 Å². The minimum Gasteiger partial charge on any atom is -0.495 e. The number of hydrogen-bond donors (Lipinski definition) is 1. The van der Waals surface area contributed by atoms with Gasteiger partial charge in [0.05, 0.1) is 13.2 Å². The zero-order chi connectivity index (χ0) is 14.9. The Balaban J connectivity index is 2.10. The molecule has 1 heterocycles. The molecule has 0 aliphatic heterocycles. The van der Waals surface area contributed by atoms with Gasteiger partial charge in [-0.05, 0) is 37.2 Å². The number of benzene rings is 1. The van der Waals surface area contributed by atoms with Crippen molar-refractivity contribution in [1.29, 1.82) is 0 Å². The van der Waals surface area contributed by atoms with E-state index in [-0.39, 0.29) is 6.04 Å². The van der Waals surface area contributed by atoms with E-state index in [2.05, 4.69) is 17.2 Å². The molecule has 2 rings (SSSR count). The second-order valence-electron chi connectivity index (χ2n) is 4.72. The van der Waals surface area contributed by atoms with Gasteiger partial charge in [-0.25, -0.2) is 0 Å². The zero-order valence-corrected chi connectivity index (χ0v) is 12.6. The van der Waals surface area contributed by atoms with Gasteiger partial charge in [0.2, 0.25) is 0 Å². The van der Waals surface area contributed by atoms with Gasteiger partial charge in [0.15, 0.2) is 0 Å². The van der Waals surface area contributed by atoms with Crippen molar-refractivity contribution in [3.63, 3.8) is 0 Å². The van der Waals surface area contributed by atoms with Crippen molar-refractivity contribution in [1.82, 2.24) is 10.3 Å². The molecule has 1 atom stereocenters. The van der Waals surface area contributed by atoms with Crippen LogP contribution in [0.25, 0.3) is 0 Å². The number of methoxy groups -OCH3 is 1. The summed E-state index contributed by atoms with van der Waals surface area (Å²) in [5.41, 5.74) is 0.879. The summed E-state index contributed by atoms with van der Waals surface area (Å²) in [6.07, 6.45) is 2.83. The minimum absolute atomic E-state index is 0.00121. The summed E-state index contributed by atoms with van der Waals surface area (Å²) in [6.45, 7) is 3.55. The second kappa shape index (κ2) is 8.27. The number of ether oxygens (including phenoxy) is 2. The largest absolute Gasteiger partial charge is 0.495 e. The molecule has 0 spiro atoms. The Hall–Kier alpha value is -2.07. The molecule has 21 heavy (non-hydrogen) atoms. The molecule has 0 aliphatic carbocycles. The summed E-state index contributed by atoms with van der Waals surface area (Å²) < 4.78 is 11.3. The van der Waals surface area contributed by atoms with E-state index >= 15 is 0 Å². The molecule has 4 nitrogen and oxygen atoms in total. The Morgan fingerprint density at radius 3 is 2.67 bits per heavy atom. The fraction of sp³-hybridized carbons (Fsp3) is 0.353. The smallest absolute Gasteiger partial charge is 0.142 e. The van der Waals surface area contributed by atoms with Crippen LogP contribution in [0.15, 0.2) is 48.7 Å². The van der Waals surface area contributed by atoms with Crippen LogP contribution in [0.1, 0.15) is 25.1 Å². The molecule has 0 aliphatic rings. The van der Waals surface area contributed by atoms with Crippen molar-refractivity contribution >= 4 is 0 Å². The average Bonchev–Trinajstić information content (AvgIpc) is 2.56. The summed E-state index contributed by atoms with van der Waals surface area (Å²) in [5.74, 6) is 1.64. The van der Waals surface area contributed by atoms with Crippen molar-refractivity contribution in [2.24, 2.45) is 0 Å². The third-order valence-corrected chi connectivity index (χ3v) is 3.15. The molecule has 0 fully saturated rings. The lowest BCUT2D eigenvalue weighted by Gasteiger charge is -2.20. The Labute approximate surface area is 126 Å². The van der Waals surface area contributed by atoms with E-state index in [1.54, 1.807) is 13.3 Å². The zero-order valence-electron chi connectivity index (χ0n) is 12.6. The molecule has 1 unspecified atom stereocenters. The van der Waals surface area contributed by atoms with Crippen LogP contribution in [0.3, 0.4) is 0 Å². The fourth-order valence-corrected chi connectivity index (χ4v) is 2.09. The molecule has 1 N–H and O–H groups in total. The van der Waals surface area contributed by atoms with Gasteiger partial charge < -0.3 is 14.8 Å². The van der Waals surface area contributed by atoms with Crippen molar-refractivity contribution in [3.05, 3.63) is 54.4 Å². The van der Waals surface area contributed by atoms with Crippen LogP contribution in [0.4, 0.5) is 0 Å². The van der Waals surface area contributed by atoms with E-state index in [1.165, 1.54) is 0 Å². The summed E-state index contributed by atoms with van der Waals surface area (Å²) in [7, 11) is 1.66. The third kappa shape index (κ3) is 4.46. The first-order valence-corrected chi connectivity index (χ1v) is 7.25. The predicted octanol–water partition coefficient (Wildman–Crippen LogP) is 3.21. The van der Waals surface area contributed by atoms with Gasteiger partial charge in [-0.3, -0.25) is 4.98 Å². The Bertz CT molecular complexity index is 531. The molecule has 0 bridgehead atoms. The van der Waals surface area contributed by atoms with E-state index in [4.69, 9.17) is 9.47 Å². The van der Waals surface area contributed by atoms with Crippen LogP contribution < -0.4 is 14.8 Å². The van der Waals surface area contributed by atoms with E-state index in [1.807, 2.05) is 42.5 Å². The summed E-state index contributed by atoms with van der Waals surface area (Å²) in [5, 5.41) is 3.46. The standard InChI is InChI=1S/C17H22N2O2/c1-3-11-18-15(13-21-14-8-5-4-6-9-14)17-16(20-2)10-7-12-19-17/h4-10,12,15,18H,3,11,13H2,1-2H3. The lowest BCUT2D eigenvalue weighted by molar-refractivity contribution is 0.259. The van der Waals surface area contributed by atoms with Gasteiger partial charge in [-0.1, -0.05) is 25.1 Å². The summed E-state index contributed by atoms with van der Waals surface area (Å²) in [6, 6.07) is 13.6. The number of pyridine rings is 1. The molecule has 112 valence electrons. The number of hydrogen-bond acceptors (Lipinski definition) is 4. The normalized spacial score (nSPS) is 11.9. The summed E-state index contributed by atoms with van der Waals surface area (Å²) in [4.78, 5) is 4.45. The number of para-hydroxylation sites is 1. The van der Waals surface area contributed by atoms with Gasteiger partial charge in [0.25, 0.3) is 0 Å². The molecule has 0 radical (unpaired) electrons. The fourth-order valence-electron chi connectivity index (χ4n) is 2.09. The van der Waals surface area contributed by atoms with Crippen molar-refractivity contribution < 1.29 is 9.47 Å². The molecular weight excluding hydrogens is 264 g/mol. The predicted molar refractivity (Wildman–Crippen MR) is 83.8 cm³/mol. The van der Waals surface area contributed by atoms with E-state index in [0.29, 0.717) is 6.61 Å². The molecule has 0 saturated carbocycles. The number of aromatic nitrogens is 1. The van der Waals surface area contributed by atoms with Crippen LogP contribution in [0.5, 0.6) is 11.5 Å². The van der Waals surface area contributed by atoms with Gasteiger partial charge >= 0.3 is 0 Å². The van der Waals surface area contributed by atoms with Crippen molar-refractivity contribution in [2.75, 3.05) is 20.3 Å². The van der Waals surface area contributed by atoms with Crippen molar-refractivity contribution in [3.8, 4) is 11.5 Å². The quantitative estimate of drug-likeness (QED) is 0.809. The maximum Gasteiger partial charge on any atom is 0.142 e. The first-order chi connectivity index (χ1) is 10.3. The van der Waals surface area contributed by atoms with Crippen molar-refractivity contribution in [2.45, 2.75) is 19.4 Å². The topological polar surface area (TPSA) is 43.4 Å². The highest BCUT2D eigenvalue weighted by molar-refractivity contribution is 5.30. The highest BCUT2D eigenvalue weighted by atomic mass is 16.5. The molecule has 1 aromatic carbocycles. The van der Waals surface area contributed by atoms with E-state index in [9.17, 15) is 0 Å². The van der Waals surface area contributed by atoms with Gasteiger partial charge in [0, 0.05) is 6.20 Å². The minimum atomic E-state index is 0.00121. The molecule has 4 heteroatoms. The average molecular weight is 286 g/mol. The van der Waals surface area contributed by atoms with Gasteiger partial charge in [0.1, 0.15) is 23.8 Å². The Morgan fingerprint density at radius 2 is 1.95 bits per heavy atom. The SMILES string of the molecule is CCCNC(COc1ccccc1)c1ncccc1OC. The van der Waals surface area contributed by atoms with Crippen LogP contribution in [-0.4, -0.2) is 25.2 Å². The molecule has 0 saturated heterocycles. The number of nitrogens with one attached hydrogen (secondary N) is 1. The summed E-state index contributed by atoms with van der Waals surface area (Å²) >= 11 is 0. The van der Waals surface area contributed by atoms with Gasteiger partial charge in [-0.15, -0.1) is 0 Å². The molecule has 2 aromatic rings. The molecule has 1 aromatic heterocycles. The van der Waals surface area contributed by atoms with Crippen LogP contribution in [-0.2, 0) is 0 Å². The highest BCUT2D eigenvalue weighted by Gasteiger charge is 2.17. The molecule has 0 amide bonds. The van der Waals surface area contributed by atoms with Crippen LogP contribution in [0, 0.1) is 0 Å².